The van der Waals surface area contributed by atoms with Gasteiger partial charge in [-0.2, -0.15) is 0 Å². The smallest absolute Gasteiger partial charge is 0.253 e. The van der Waals surface area contributed by atoms with E-state index >= 15 is 0 Å². The Kier molecular flexibility index (Phi) is 5.72. The molecule has 1 heterocycles. The maximum atomic E-state index is 12.4. The van der Waals surface area contributed by atoms with Crippen LogP contribution in [0.1, 0.15) is 29.6 Å². The van der Waals surface area contributed by atoms with E-state index in [0.29, 0.717) is 17.8 Å². The lowest BCUT2D eigenvalue weighted by Crippen LogP contribution is -2.29. The van der Waals surface area contributed by atoms with Crippen molar-refractivity contribution in [2.24, 2.45) is 0 Å². The lowest BCUT2D eigenvalue weighted by Gasteiger charge is -2.19. The van der Waals surface area contributed by atoms with Crippen molar-refractivity contribution in [3.63, 3.8) is 0 Å². The van der Waals surface area contributed by atoms with Crippen molar-refractivity contribution in [1.82, 2.24) is 4.90 Å². The number of rotatable bonds is 6. The molecule has 0 aliphatic carbocycles. The van der Waals surface area contributed by atoms with E-state index in [1.54, 1.807) is 36.2 Å². The van der Waals surface area contributed by atoms with Crippen molar-refractivity contribution < 1.29 is 14.3 Å². The summed E-state index contributed by atoms with van der Waals surface area (Å²) in [5, 5.41) is 2.65. The lowest BCUT2D eigenvalue weighted by atomic mass is 10.1. The van der Waals surface area contributed by atoms with Gasteiger partial charge in [-0.15, -0.1) is 0 Å². The van der Waals surface area contributed by atoms with Crippen LogP contribution in [-0.4, -0.2) is 43.0 Å². The van der Waals surface area contributed by atoms with E-state index in [1.165, 1.54) is 6.08 Å². The third kappa shape index (κ3) is 4.43. The van der Waals surface area contributed by atoms with Crippen molar-refractivity contribution in [2.45, 2.75) is 25.4 Å². The van der Waals surface area contributed by atoms with Crippen LogP contribution in [0.5, 0.6) is 0 Å². The number of benzene rings is 1. The van der Waals surface area contributed by atoms with Crippen LogP contribution < -0.4 is 5.32 Å². The molecule has 22 heavy (non-hydrogen) atoms. The Morgan fingerprint density at radius 1 is 1.50 bits per heavy atom. The van der Waals surface area contributed by atoms with Gasteiger partial charge in [0.05, 0.1) is 6.10 Å². The van der Waals surface area contributed by atoms with Crippen LogP contribution in [0.2, 0.25) is 0 Å². The molecule has 1 aromatic rings. The second-order valence-electron chi connectivity index (χ2n) is 5.42. The summed E-state index contributed by atoms with van der Waals surface area (Å²) in [5.74, 6) is -0.357. The molecule has 0 saturated carbocycles. The maximum absolute atomic E-state index is 12.4. The van der Waals surface area contributed by atoms with E-state index in [0.717, 1.165) is 25.9 Å². The van der Waals surface area contributed by atoms with E-state index in [-0.39, 0.29) is 17.9 Å². The van der Waals surface area contributed by atoms with Crippen LogP contribution in [0.3, 0.4) is 0 Å². The third-order valence-electron chi connectivity index (χ3n) is 3.72. The summed E-state index contributed by atoms with van der Waals surface area (Å²) in [7, 11) is 1.78. The average molecular weight is 302 g/mol. The van der Waals surface area contributed by atoms with Gasteiger partial charge in [0.2, 0.25) is 5.91 Å². The first kappa shape index (κ1) is 16.2. The fraction of sp³-hybridized carbons (Fsp3) is 0.412. The van der Waals surface area contributed by atoms with Crippen molar-refractivity contribution >= 4 is 17.5 Å². The number of amides is 2. The van der Waals surface area contributed by atoms with Gasteiger partial charge in [-0.05, 0) is 43.5 Å². The lowest BCUT2D eigenvalue weighted by molar-refractivity contribution is -0.111. The van der Waals surface area contributed by atoms with Gasteiger partial charge >= 0.3 is 0 Å². The molecule has 1 unspecified atom stereocenters. The Hall–Kier alpha value is -2.14. The highest BCUT2D eigenvalue weighted by atomic mass is 16.5. The predicted molar refractivity (Wildman–Crippen MR) is 85.8 cm³/mol. The molecule has 5 nitrogen and oxygen atoms in total. The van der Waals surface area contributed by atoms with E-state index < -0.39 is 0 Å². The van der Waals surface area contributed by atoms with Crippen molar-refractivity contribution in [1.29, 1.82) is 0 Å². The molecule has 2 rings (SSSR count). The largest absolute Gasteiger partial charge is 0.378 e. The summed E-state index contributed by atoms with van der Waals surface area (Å²) >= 11 is 0. The zero-order valence-corrected chi connectivity index (χ0v) is 12.9. The molecule has 1 aromatic carbocycles. The Balaban J connectivity index is 1.94. The monoisotopic (exact) mass is 302 g/mol. The maximum Gasteiger partial charge on any atom is 0.253 e. The van der Waals surface area contributed by atoms with E-state index in [2.05, 4.69) is 11.9 Å². The first-order valence-electron chi connectivity index (χ1n) is 7.50. The van der Waals surface area contributed by atoms with Gasteiger partial charge in [-0.1, -0.05) is 12.6 Å². The second-order valence-corrected chi connectivity index (χ2v) is 5.42. The molecule has 5 heteroatoms. The van der Waals surface area contributed by atoms with Crippen molar-refractivity contribution in [3.8, 4) is 0 Å². The van der Waals surface area contributed by atoms with Crippen LogP contribution in [0, 0.1) is 0 Å². The molecule has 0 bridgehead atoms. The minimum Gasteiger partial charge on any atom is -0.378 e. The Labute approximate surface area is 130 Å². The average Bonchev–Trinajstić information content (AvgIpc) is 3.05. The molecule has 2 amide bonds. The highest BCUT2D eigenvalue weighted by Gasteiger charge is 2.18. The number of hydrogen-bond donors (Lipinski definition) is 1. The van der Waals surface area contributed by atoms with E-state index in [4.69, 9.17) is 4.74 Å². The van der Waals surface area contributed by atoms with Crippen LogP contribution in [0.4, 0.5) is 5.69 Å². The number of nitrogens with one attached hydrogen (secondary N) is 1. The molecule has 118 valence electrons. The van der Waals surface area contributed by atoms with Gasteiger partial charge in [-0.25, -0.2) is 0 Å². The van der Waals surface area contributed by atoms with Crippen LogP contribution in [0.25, 0.3) is 0 Å². The van der Waals surface area contributed by atoms with Gasteiger partial charge in [0.25, 0.3) is 5.91 Å². The summed E-state index contributed by atoms with van der Waals surface area (Å²) in [6.45, 7) is 4.89. The summed E-state index contributed by atoms with van der Waals surface area (Å²) in [6, 6.07) is 6.91. The van der Waals surface area contributed by atoms with Gasteiger partial charge in [0.1, 0.15) is 0 Å². The molecule has 0 radical (unpaired) electrons. The molecule has 1 aliphatic rings. The van der Waals surface area contributed by atoms with E-state index in [1.807, 2.05) is 0 Å². The first-order valence-corrected chi connectivity index (χ1v) is 7.50. The van der Waals surface area contributed by atoms with E-state index in [9.17, 15) is 9.59 Å². The quantitative estimate of drug-likeness (QED) is 0.821. The topological polar surface area (TPSA) is 58.6 Å². The molecule has 0 spiro atoms. The van der Waals surface area contributed by atoms with Crippen molar-refractivity contribution in [3.05, 3.63) is 42.5 Å². The summed E-state index contributed by atoms with van der Waals surface area (Å²) < 4.78 is 5.57. The zero-order valence-electron chi connectivity index (χ0n) is 12.9. The molecule has 1 aliphatic heterocycles. The number of hydrogen-bond acceptors (Lipinski definition) is 3. The summed E-state index contributed by atoms with van der Waals surface area (Å²) in [6.07, 6.45) is 4.50. The summed E-state index contributed by atoms with van der Waals surface area (Å²) in [4.78, 5) is 25.4. The third-order valence-corrected chi connectivity index (χ3v) is 3.72. The molecule has 1 saturated heterocycles. The molecule has 1 fully saturated rings. The SMILES string of the molecule is C=CC(=O)Nc1cccc(C(=O)N(C)CCC2CCCO2)c1. The van der Waals surface area contributed by atoms with Gasteiger partial charge in [-0.3, -0.25) is 9.59 Å². The second kappa shape index (κ2) is 7.75. The standard InChI is InChI=1S/C17H22N2O3/c1-3-16(20)18-14-7-4-6-13(12-14)17(21)19(2)10-9-15-8-5-11-22-15/h3-4,6-7,12,15H,1,5,8-11H2,2H3,(H,18,20). The molecular formula is C17H22N2O3. The number of nitrogens with zero attached hydrogens (tertiary/aromatic N) is 1. The number of carbonyl (C=O) groups excluding carboxylic acids is 2. The minimum atomic E-state index is -0.295. The number of ether oxygens (including phenoxy) is 1. The fourth-order valence-electron chi connectivity index (χ4n) is 2.45. The highest BCUT2D eigenvalue weighted by molar-refractivity contribution is 6.00. The van der Waals surface area contributed by atoms with Crippen LogP contribution in [-0.2, 0) is 9.53 Å². The van der Waals surface area contributed by atoms with Crippen LogP contribution >= 0.6 is 0 Å². The fourth-order valence-corrected chi connectivity index (χ4v) is 2.45. The predicted octanol–water partition coefficient (Wildman–Crippen LogP) is 2.45. The van der Waals surface area contributed by atoms with Crippen LogP contribution in [0.15, 0.2) is 36.9 Å². The zero-order chi connectivity index (χ0) is 15.9. The molecular weight excluding hydrogens is 280 g/mol. The minimum absolute atomic E-state index is 0.0623. The number of carbonyl (C=O) groups is 2. The summed E-state index contributed by atoms with van der Waals surface area (Å²) in [5.41, 5.74) is 1.14. The Morgan fingerprint density at radius 3 is 3.00 bits per heavy atom. The van der Waals surface area contributed by atoms with Crippen molar-refractivity contribution in [2.75, 3.05) is 25.5 Å². The highest BCUT2D eigenvalue weighted by Crippen LogP contribution is 2.17. The molecule has 0 aromatic heterocycles. The molecule has 1 N–H and O–H groups in total. The Morgan fingerprint density at radius 2 is 2.32 bits per heavy atom. The van der Waals surface area contributed by atoms with Gasteiger partial charge in [0.15, 0.2) is 0 Å². The van der Waals surface area contributed by atoms with Gasteiger partial charge < -0.3 is 15.0 Å². The normalized spacial score (nSPS) is 17.0. The molecule has 1 atom stereocenters. The van der Waals surface area contributed by atoms with Gasteiger partial charge in [0, 0.05) is 31.5 Å². The Bertz CT molecular complexity index is 551. The first-order chi connectivity index (χ1) is 10.6. The number of anilines is 1.